The predicted molar refractivity (Wildman–Crippen MR) is 62.8 cm³/mol. The second-order valence-corrected chi connectivity index (χ2v) is 3.52. The first-order chi connectivity index (χ1) is 8.44. The van der Waals surface area contributed by atoms with Crippen LogP contribution in [0.4, 0.5) is 24.5 Å². The minimum atomic E-state index is -4.30. The molecule has 4 nitrogen and oxygen atoms in total. The molecule has 0 saturated heterocycles. The largest absolute Gasteiger partial charge is 0.495 e. The van der Waals surface area contributed by atoms with Gasteiger partial charge in [-0.2, -0.15) is 13.2 Å². The summed E-state index contributed by atoms with van der Waals surface area (Å²) >= 11 is 0. The highest BCUT2D eigenvalue weighted by molar-refractivity contribution is 5.72. The average molecular weight is 264 g/mol. The molecular weight excluding hydrogens is 249 g/mol. The van der Waals surface area contributed by atoms with E-state index in [2.05, 4.69) is 10.1 Å². The summed E-state index contributed by atoms with van der Waals surface area (Å²) in [5.41, 5.74) is 6.78. The summed E-state index contributed by atoms with van der Waals surface area (Å²) in [6.07, 6.45) is -4.30. The number of para-hydroxylation sites is 1. The van der Waals surface area contributed by atoms with E-state index >= 15 is 0 Å². The number of methoxy groups -OCH3 is 1. The Morgan fingerprint density at radius 2 is 2.06 bits per heavy atom. The lowest BCUT2D eigenvalue weighted by molar-refractivity contribution is -0.172. The Morgan fingerprint density at radius 3 is 2.67 bits per heavy atom. The summed E-state index contributed by atoms with van der Waals surface area (Å²) in [6, 6.07) is 5.14. The van der Waals surface area contributed by atoms with Gasteiger partial charge in [0.1, 0.15) is 12.4 Å². The lowest BCUT2D eigenvalue weighted by atomic mass is 10.2. The van der Waals surface area contributed by atoms with Gasteiger partial charge in [0, 0.05) is 6.54 Å². The molecule has 3 N–H and O–H groups in total. The summed E-state index contributed by atoms with van der Waals surface area (Å²) < 4.78 is 44.8. The van der Waals surface area contributed by atoms with Crippen LogP contribution in [0.3, 0.4) is 0 Å². The zero-order valence-corrected chi connectivity index (χ0v) is 9.88. The van der Waals surface area contributed by atoms with Crippen molar-refractivity contribution < 1.29 is 22.6 Å². The number of alkyl halides is 3. The number of hydrogen-bond donors (Lipinski definition) is 2. The smallest absolute Gasteiger partial charge is 0.411 e. The molecule has 1 aromatic carbocycles. The standard InChI is InChI=1S/C11H15F3N2O2/c1-17-9-4-2-3-8(10(9)15)16-5-6-18-7-11(12,13)14/h2-4,16H,5-7,15H2,1H3. The van der Waals surface area contributed by atoms with Crippen LogP contribution in [0, 0.1) is 0 Å². The number of rotatable bonds is 6. The molecule has 1 aromatic rings. The molecule has 0 amide bonds. The van der Waals surface area contributed by atoms with E-state index in [1.54, 1.807) is 18.2 Å². The van der Waals surface area contributed by atoms with Gasteiger partial charge in [-0.05, 0) is 12.1 Å². The van der Waals surface area contributed by atoms with E-state index in [0.717, 1.165) is 0 Å². The molecule has 0 unspecified atom stereocenters. The highest BCUT2D eigenvalue weighted by atomic mass is 19.4. The average Bonchev–Trinajstić information content (AvgIpc) is 2.29. The van der Waals surface area contributed by atoms with Gasteiger partial charge < -0.3 is 20.5 Å². The lowest BCUT2D eigenvalue weighted by Crippen LogP contribution is -2.20. The van der Waals surface area contributed by atoms with Crippen molar-refractivity contribution in [3.05, 3.63) is 18.2 Å². The van der Waals surface area contributed by atoms with Crippen LogP contribution in [-0.4, -0.2) is 33.0 Å². The van der Waals surface area contributed by atoms with Gasteiger partial charge in [-0.1, -0.05) is 6.07 Å². The van der Waals surface area contributed by atoms with Crippen LogP contribution < -0.4 is 15.8 Å². The van der Waals surface area contributed by atoms with E-state index in [1.807, 2.05) is 0 Å². The number of anilines is 2. The van der Waals surface area contributed by atoms with Crippen LogP contribution in [-0.2, 0) is 4.74 Å². The van der Waals surface area contributed by atoms with E-state index in [9.17, 15) is 13.2 Å². The van der Waals surface area contributed by atoms with Crippen molar-refractivity contribution >= 4 is 11.4 Å². The number of nitrogens with one attached hydrogen (secondary N) is 1. The van der Waals surface area contributed by atoms with Crippen molar-refractivity contribution in [1.29, 1.82) is 0 Å². The first kappa shape index (κ1) is 14.4. The van der Waals surface area contributed by atoms with Gasteiger partial charge in [-0.15, -0.1) is 0 Å². The summed E-state index contributed by atoms with van der Waals surface area (Å²) in [5.74, 6) is 0.510. The van der Waals surface area contributed by atoms with Crippen molar-refractivity contribution in [3.63, 3.8) is 0 Å². The number of nitrogen functional groups attached to an aromatic ring is 1. The van der Waals surface area contributed by atoms with E-state index in [0.29, 0.717) is 17.1 Å². The highest BCUT2D eigenvalue weighted by Crippen LogP contribution is 2.28. The quantitative estimate of drug-likeness (QED) is 0.611. The molecule has 0 atom stereocenters. The van der Waals surface area contributed by atoms with Crippen LogP contribution in [0.1, 0.15) is 0 Å². The van der Waals surface area contributed by atoms with Crippen molar-refractivity contribution in [2.24, 2.45) is 0 Å². The Balaban J connectivity index is 2.36. The minimum Gasteiger partial charge on any atom is -0.495 e. The maximum absolute atomic E-state index is 11.8. The maximum Gasteiger partial charge on any atom is 0.411 e. The molecule has 0 bridgehead atoms. The molecule has 0 saturated carbocycles. The van der Waals surface area contributed by atoms with Crippen molar-refractivity contribution in [2.45, 2.75) is 6.18 Å². The third-order valence-electron chi connectivity index (χ3n) is 2.11. The van der Waals surface area contributed by atoms with Crippen LogP contribution in [0.15, 0.2) is 18.2 Å². The molecule has 0 radical (unpaired) electrons. The van der Waals surface area contributed by atoms with Crippen molar-refractivity contribution in [1.82, 2.24) is 0 Å². The van der Waals surface area contributed by atoms with Gasteiger partial charge in [0.05, 0.1) is 25.1 Å². The van der Waals surface area contributed by atoms with E-state index in [-0.39, 0.29) is 13.2 Å². The molecule has 102 valence electrons. The third-order valence-corrected chi connectivity index (χ3v) is 2.11. The summed E-state index contributed by atoms with van der Waals surface area (Å²) in [4.78, 5) is 0. The van der Waals surface area contributed by atoms with Crippen molar-refractivity contribution in [3.8, 4) is 5.75 Å². The number of halogens is 3. The molecule has 0 aliphatic rings. The Morgan fingerprint density at radius 1 is 1.33 bits per heavy atom. The summed E-state index contributed by atoms with van der Waals surface area (Å²) in [5, 5.41) is 2.88. The SMILES string of the molecule is COc1cccc(NCCOCC(F)(F)F)c1N. The van der Waals surface area contributed by atoms with E-state index in [4.69, 9.17) is 10.5 Å². The first-order valence-corrected chi connectivity index (χ1v) is 5.25. The monoisotopic (exact) mass is 264 g/mol. The molecule has 7 heteroatoms. The van der Waals surface area contributed by atoms with Crippen LogP contribution >= 0.6 is 0 Å². The van der Waals surface area contributed by atoms with Gasteiger partial charge in [-0.3, -0.25) is 0 Å². The predicted octanol–water partition coefficient (Wildman–Crippen LogP) is 2.27. The third kappa shape index (κ3) is 4.70. The van der Waals surface area contributed by atoms with Crippen molar-refractivity contribution in [2.75, 3.05) is 37.9 Å². The Kier molecular flexibility index (Phi) is 5.08. The van der Waals surface area contributed by atoms with Gasteiger partial charge >= 0.3 is 6.18 Å². The normalized spacial score (nSPS) is 11.3. The maximum atomic E-state index is 11.8. The first-order valence-electron chi connectivity index (χ1n) is 5.25. The van der Waals surface area contributed by atoms with Crippen LogP contribution in [0.2, 0.25) is 0 Å². The fourth-order valence-corrected chi connectivity index (χ4v) is 1.32. The molecule has 0 heterocycles. The fourth-order valence-electron chi connectivity index (χ4n) is 1.32. The number of hydrogen-bond acceptors (Lipinski definition) is 4. The molecular formula is C11H15F3N2O2. The Labute approximate surface area is 103 Å². The van der Waals surface area contributed by atoms with E-state index in [1.165, 1.54) is 7.11 Å². The zero-order valence-electron chi connectivity index (χ0n) is 9.88. The lowest BCUT2D eigenvalue weighted by Gasteiger charge is -2.12. The molecule has 0 fully saturated rings. The summed E-state index contributed by atoms with van der Waals surface area (Å²) in [7, 11) is 1.49. The van der Waals surface area contributed by atoms with Gasteiger partial charge in [0.25, 0.3) is 0 Å². The molecule has 0 aliphatic carbocycles. The zero-order chi connectivity index (χ0) is 13.6. The van der Waals surface area contributed by atoms with Crippen LogP contribution in [0.25, 0.3) is 0 Å². The molecule has 0 aromatic heterocycles. The molecule has 0 aliphatic heterocycles. The topological polar surface area (TPSA) is 56.5 Å². The second kappa shape index (κ2) is 6.34. The Bertz CT molecular complexity index is 383. The number of nitrogens with two attached hydrogens (primary N) is 1. The van der Waals surface area contributed by atoms with Gasteiger partial charge in [0.15, 0.2) is 0 Å². The van der Waals surface area contributed by atoms with Crippen LogP contribution in [0.5, 0.6) is 5.75 Å². The molecule has 18 heavy (non-hydrogen) atoms. The minimum absolute atomic E-state index is 0.0594. The molecule has 0 spiro atoms. The fraction of sp³-hybridized carbons (Fsp3) is 0.455. The van der Waals surface area contributed by atoms with Gasteiger partial charge in [-0.25, -0.2) is 0 Å². The van der Waals surface area contributed by atoms with E-state index < -0.39 is 12.8 Å². The Hall–Kier alpha value is -1.63. The highest BCUT2D eigenvalue weighted by Gasteiger charge is 2.27. The second-order valence-electron chi connectivity index (χ2n) is 3.52. The molecule has 1 rings (SSSR count). The summed E-state index contributed by atoms with van der Waals surface area (Å²) in [6.45, 7) is -1.08. The number of ether oxygens (including phenoxy) is 2. The van der Waals surface area contributed by atoms with Gasteiger partial charge in [0.2, 0.25) is 0 Å². The number of benzene rings is 1.